The molecule has 2 nitrogen and oxygen atoms in total. The number of hydrogen-bond donors (Lipinski definition) is 0. The lowest BCUT2D eigenvalue weighted by atomic mass is 10.4. The molecule has 0 amide bonds. The zero-order chi connectivity index (χ0) is 9.97. The number of hydrogen-bond acceptors (Lipinski definition) is 3. The van der Waals surface area contributed by atoms with Crippen LogP contribution < -0.4 is 0 Å². The molecule has 0 unspecified atom stereocenters. The van der Waals surface area contributed by atoms with E-state index >= 15 is 0 Å². The van der Waals surface area contributed by atoms with E-state index in [2.05, 4.69) is 10.2 Å². The molecule has 76 valence electrons. The highest BCUT2D eigenvalue weighted by atomic mass is 35.5. The number of aromatic nitrogens is 2. The van der Waals surface area contributed by atoms with Gasteiger partial charge in [0.05, 0.1) is 0 Å². The molecule has 0 radical (unpaired) electrons. The van der Waals surface area contributed by atoms with Gasteiger partial charge in [-0.15, -0.1) is 22.0 Å². The third-order valence-electron chi connectivity index (χ3n) is 2.28. The van der Waals surface area contributed by atoms with E-state index in [1.165, 1.54) is 25.7 Å². The summed E-state index contributed by atoms with van der Waals surface area (Å²) in [6.07, 6.45) is 5.17. The van der Waals surface area contributed by atoms with Crippen LogP contribution in [0.2, 0.25) is 10.3 Å². The van der Waals surface area contributed by atoms with Gasteiger partial charge in [-0.2, -0.15) is 0 Å². The fraction of sp³-hybridized carbons (Fsp3) is 0.556. The third-order valence-corrected chi connectivity index (χ3v) is 4.23. The second-order valence-corrected chi connectivity index (χ2v) is 5.43. The van der Waals surface area contributed by atoms with Gasteiger partial charge in [0.1, 0.15) is 0 Å². The molecule has 1 fully saturated rings. The van der Waals surface area contributed by atoms with Gasteiger partial charge < -0.3 is 0 Å². The molecule has 5 heteroatoms. The van der Waals surface area contributed by atoms with Crippen molar-refractivity contribution < 1.29 is 0 Å². The fourth-order valence-electron chi connectivity index (χ4n) is 1.61. The van der Waals surface area contributed by atoms with Crippen LogP contribution in [-0.4, -0.2) is 15.4 Å². The van der Waals surface area contributed by atoms with Crippen LogP contribution in [0.1, 0.15) is 25.7 Å². The quantitative estimate of drug-likeness (QED) is 0.796. The fourth-order valence-corrected chi connectivity index (χ4v) is 3.29. The zero-order valence-corrected chi connectivity index (χ0v) is 9.87. The molecule has 14 heavy (non-hydrogen) atoms. The number of thioether (sulfide) groups is 1. The van der Waals surface area contributed by atoms with Crippen molar-refractivity contribution in [2.24, 2.45) is 0 Å². The van der Waals surface area contributed by atoms with E-state index in [4.69, 9.17) is 23.2 Å². The minimum atomic E-state index is 0.412. The van der Waals surface area contributed by atoms with Crippen LogP contribution in [0.15, 0.2) is 11.0 Å². The average Bonchev–Trinajstić information content (AvgIpc) is 2.64. The topological polar surface area (TPSA) is 25.8 Å². The molecular formula is C9H10Cl2N2S. The Kier molecular flexibility index (Phi) is 3.52. The van der Waals surface area contributed by atoms with Crippen molar-refractivity contribution >= 4 is 35.0 Å². The van der Waals surface area contributed by atoms with E-state index < -0.39 is 0 Å². The lowest BCUT2D eigenvalue weighted by Gasteiger charge is -2.08. The molecule has 1 aromatic rings. The first-order valence-electron chi connectivity index (χ1n) is 4.61. The Morgan fingerprint density at radius 1 is 1.21 bits per heavy atom. The largest absolute Gasteiger partial charge is 0.165 e. The summed E-state index contributed by atoms with van der Waals surface area (Å²) in [5, 5.41) is 9.02. The molecule has 0 saturated heterocycles. The van der Waals surface area contributed by atoms with Crippen LogP contribution in [0.25, 0.3) is 0 Å². The predicted molar refractivity (Wildman–Crippen MR) is 60.2 cm³/mol. The molecule has 2 rings (SSSR count). The van der Waals surface area contributed by atoms with Crippen molar-refractivity contribution in [2.45, 2.75) is 35.8 Å². The summed E-state index contributed by atoms with van der Waals surface area (Å²) >= 11 is 13.5. The number of halogens is 2. The minimum absolute atomic E-state index is 0.412. The van der Waals surface area contributed by atoms with Gasteiger partial charge in [0.15, 0.2) is 10.3 Å². The van der Waals surface area contributed by atoms with Gasteiger partial charge >= 0.3 is 0 Å². The van der Waals surface area contributed by atoms with Crippen molar-refractivity contribution in [3.63, 3.8) is 0 Å². The van der Waals surface area contributed by atoms with Gasteiger partial charge in [-0.3, -0.25) is 0 Å². The minimum Gasteiger partial charge on any atom is -0.137 e. The smallest absolute Gasteiger partial charge is 0.137 e. The highest BCUT2D eigenvalue weighted by Gasteiger charge is 2.18. The first-order chi connectivity index (χ1) is 6.75. The van der Waals surface area contributed by atoms with E-state index in [1.54, 1.807) is 17.8 Å². The standard InChI is InChI=1S/C9H10Cl2N2S/c10-8-5-7(9(11)13-12-8)14-6-3-1-2-4-6/h5-6H,1-4H2. The van der Waals surface area contributed by atoms with Gasteiger partial charge in [-0.05, 0) is 18.9 Å². The van der Waals surface area contributed by atoms with E-state index in [-0.39, 0.29) is 0 Å². The molecule has 0 spiro atoms. The third kappa shape index (κ3) is 2.53. The molecule has 0 aromatic carbocycles. The molecular weight excluding hydrogens is 239 g/mol. The number of nitrogens with zero attached hydrogens (tertiary/aromatic N) is 2. The molecule has 1 aliphatic rings. The van der Waals surface area contributed by atoms with E-state index in [1.807, 2.05) is 0 Å². The summed E-state index contributed by atoms with van der Waals surface area (Å²) in [5.74, 6) is 0. The Morgan fingerprint density at radius 3 is 2.64 bits per heavy atom. The monoisotopic (exact) mass is 248 g/mol. The normalized spacial score (nSPS) is 17.6. The lowest BCUT2D eigenvalue weighted by molar-refractivity contribution is 0.886. The summed E-state index contributed by atoms with van der Waals surface area (Å²) < 4.78 is 0. The van der Waals surface area contributed by atoms with Crippen LogP contribution in [0.3, 0.4) is 0 Å². The van der Waals surface area contributed by atoms with Crippen LogP contribution in [0, 0.1) is 0 Å². The van der Waals surface area contributed by atoms with Gasteiger partial charge in [-0.25, -0.2) is 0 Å². The average molecular weight is 249 g/mol. The van der Waals surface area contributed by atoms with Crippen molar-refractivity contribution in [2.75, 3.05) is 0 Å². The van der Waals surface area contributed by atoms with Crippen molar-refractivity contribution in [3.05, 3.63) is 16.4 Å². The predicted octanol–water partition coefficient (Wildman–Crippen LogP) is 3.82. The van der Waals surface area contributed by atoms with Gasteiger partial charge in [0.2, 0.25) is 0 Å². The van der Waals surface area contributed by atoms with E-state index in [9.17, 15) is 0 Å². The second kappa shape index (κ2) is 4.69. The maximum atomic E-state index is 5.92. The molecule has 0 aliphatic heterocycles. The van der Waals surface area contributed by atoms with Crippen molar-refractivity contribution in [1.29, 1.82) is 0 Å². The van der Waals surface area contributed by atoms with Crippen molar-refractivity contribution in [3.8, 4) is 0 Å². The lowest BCUT2D eigenvalue weighted by Crippen LogP contribution is -1.95. The zero-order valence-electron chi connectivity index (χ0n) is 7.54. The maximum absolute atomic E-state index is 5.92. The Labute approximate surface area is 97.4 Å². The molecule has 0 N–H and O–H groups in total. The summed E-state index contributed by atoms with van der Waals surface area (Å²) in [7, 11) is 0. The molecule has 0 bridgehead atoms. The maximum Gasteiger partial charge on any atom is 0.165 e. The summed E-state index contributed by atoms with van der Waals surface area (Å²) in [4.78, 5) is 0.957. The van der Waals surface area contributed by atoms with Crippen LogP contribution in [0.5, 0.6) is 0 Å². The van der Waals surface area contributed by atoms with Gasteiger partial charge in [-0.1, -0.05) is 36.0 Å². The number of rotatable bonds is 2. The first-order valence-corrected chi connectivity index (χ1v) is 6.24. The highest BCUT2D eigenvalue weighted by molar-refractivity contribution is 8.00. The molecule has 1 heterocycles. The van der Waals surface area contributed by atoms with Crippen molar-refractivity contribution in [1.82, 2.24) is 10.2 Å². The Balaban J connectivity index is 2.10. The molecule has 1 saturated carbocycles. The molecule has 0 atom stereocenters. The van der Waals surface area contributed by atoms with Crippen LogP contribution >= 0.6 is 35.0 Å². The Hall–Kier alpha value is 0.01000. The van der Waals surface area contributed by atoms with E-state index in [0.717, 1.165) is 4.90 Å². The summed E-state index contributed by atoms with van der Waals surface area (Å²) in [5.41, 5.74) is 0. The summed E-state index contributed by atoms with van der Waals surface area (Å²) in [6.45, 7) is 0. The van der Waals surface area contributed by atoms with Gasteiger partial charge in [0.25, 0.3) is 0 Å². The summed E-state index contributed by atoms with van der Waals surface area (Å²) in [6, 6.07) is 1.79. The Bertz CT molecular complexity index is 327. The van der Waals surface area contributed by atoms with Crippen LogP contribution in [0.4, 0.5) is 0 Å². The van der Waals surface area contributed by atoms with Crippen LogP contribution in [-0.2, 0) is 0 Å². The SMILES string of the molecule is Clc1cc(SC2CCCC2)c(Cl)nn1. The van der Waals surface area contributed by atoms with E-state index in [0.29, 0.717) is 15.6 Å². The molecule has 1 aliphatic carbocycles. The second-order valence-electron chi connectivity index (χ2n) is 3.35. The Morgan fingerprint density at radius 2 is 1.93 bits per heavy atom. The first kappa shape index (κ1) is 10.5. The highest BCUT2D eigenvalue weighted by Crippen LogP contribution is 2.37. The van der Waals surface area contributed by atoms with Gasteiger partial charge in [0, 0.05) is 10.1 Å². The molecule has 1 aromatic heterocycles.